The molecule has 4 fully saturated rings. The predicted octanol–water partition coefficient (Wildman–Crippen LogP) is 4.50. The highest BCUT2D eigenvalue weighted by molar-refractivity contribution is 6.03. The second-order valence-electron chi connectivity index (χ2n) is 8.99. The van der Waals surface area contributed by atoms with Gasteiger partial charge in [-0.1, -0.05) is 11.2 Å². The zero-order valence-corrected chi connectivity index (χ0v) is 15.5. The fraction of sp³-hybridized carbons (Fsp3) is 0.636. The summed E-state index contributed by atoms with van der Waals surface area (Å²) >= 11 is 0. The fourth-order valence-corrected chi connectivity index (χ4v) is 6.40. The Morgan fingerprint density at radius 2 is 1.77 bits per heavy atom. The van der Waals surface area contributed by atoms with Crippen molar-refractivity contribution < 1.29 is 14.4 Å². The quantitative estimate of drug-likeness (QED) is 0.594. The number of oxime groups is 1. The molecule has 1 aromatic rings. The minimum absolute atomic E-state index is 0.0703. The predicted molar refractivity (Wildman–Crippen MR) is 99.2 cm³/mol. The van der Waals surface area contributed by atoms with E-state index in [0.717, 1.165) is 73.3 Å². The van der Waals surface area contributed by atoms with Crippen molar-refractivity contribution in [2.24, 2.45) is 28.3 Å². The van der Waals surface area contributed by atoms with Crippen LogP contribution in [0.2, 0.25) is 0 Å². The van der Waals surface area contributed by atoms with Gasteiger partial charge >= 0.3 is 5.97 Å². The van der Waals surface area contributed by atoms with Crippen molar-refractivity contribution in [1.29, 1.82) is 0 Å². The summed E-state index contributed by atoms with van der Waals surface area (Å²) in [4.78, 5) is 18.6. The van der Waals surface area contributed by atoms with E-state index in [9.17, 15) is 4.79 Å². The third kappa shape index (κ3) is 2.65. The maximum absolute atomic E-state index is 13.0. The lowest BCUT2D eigenvalue weighted by Crippen LogP contribution is -2.50. The van der Waals surface area contributed by atoms with Gasteiger partial charge in [0.1, 0.15) is 5.75 Å². The number of carbonyl (C=O) groups excluding carboxylic acids is 1. The van der Waals surface area contributed by atoms with Gasteiger partial charge < -0.3 is 9.57 Å². The normalized spacial score (nSPS) is 36.0. The highest BCUT2D eigenvalue weighted by Crippen LogP contribution is 2.60. The van der Waals surface area contributed by atoms with Crippen LogP contribution in [0.3, 0.4) is 0 Å². The van der Waals surface area contributed by atoms with Gasteiger partial charge in [-0.2, -0.15) is 0 Å². The summed E-state index contributed by atoms with van der Waals surface area (Å²) in [7, 11) is 1.68. The molecule has 0 aliphatic heterocycles. The van der Waals surface area contributed by atoms with Crippen molar-refractivity contribution in [3.05, 3.63) is 29.3 Å². The molecule has 26 heavy (non-hydrogen) atoms. The van der Waals surface area contributed by atoms with Crippen LogP contribution in [0.4, 0.5) is 0 Å². The van der Waals surface area contributed by atoms with Gasteiger partial charge in [0, 0.05) is 5.56 Å². The smallest absolute Gasteiger partial charge is 0.341 e. The van der Waals surface area contributed by atoms with E-state index in [2.05, 4.69) is 11.2 Å². The zero-order valence-electron chi connectivity index (χ0n) is 15.5. The van der Waals surface area contributed by atoms with Gasteiger partial charge in [-0.25, -0.2) is 4.79 Å². The summed E-state index contributed by atoms with van der Waals surface area (Å²) in [6, 6.07) is 6.11. The Hall–Kier alpha value is -1.84. The topological polar surface area (TPSA) is 47.9 Å². The number of methoxy groups -OCH3 is 1. The number of ether oxygens (including phenoxy) is 1. The molecule has 0 amide bonds. The number of rotatable bonds is 3. The number of nitrogens with zero attached hydrogens (tertiary/aromatic N) is 1. The lowest BCUT2D eigenvalue weighted by atomic mass is 9.49. The van der Waals surface area contributed by atoms with Gasteiger partial charge in [-0.05, 0) is 93.2 Å². The molecule has 5 aliphatic rings. The van der Waals surface area contributed by atoms with Crippen LogP contribution in [0.5, 0.6) is 5.75 Å². The Kier molecular flexibility index (Phi) is 3.84. The molecule has 0 N–H and O–H groups in total. The van der Waals surface area contributed by atoms with Crippen molar-refractivity contribution in [2.45, 2.75) is 57.8 Å². The molecule has 1 aromatic carbocycles. The molecule has 4 nitrogen and oxygen atoms in total. The Bertz CT molecular complexity index is 731. The molecule has 0 heterocycles. The highest BCUT2D eigenvalue weighted by Gasteiger charge is 2.55. The molecule has 5 aliphatic carbocycles. The van der Waals surface area contributed by atoms with Crippen molar-refractivity contribution in [3.8, 4) is 5.75 Å². The van der Waals surface area contributed by atoms with Gasteiger partial charge in [0.05, 0.1) is 18.2 Å². The summed E-state index contributed by atoms with van der Waals surface area (Å²) in [5.74, 6) is 2.97. The summed E-state index contributed by atoms with van der Waals surface area (Å²) in [6.07, 6.45) is 9.99. The van der Waals surface area contributed by atoms with Crippen LogP contribution < -0.4 is 4.74 Å². The molecule has 0 unspecified atom stereocenters. The van der Waals surface area contributed by atoms with Crippen LogP contribution in [-0.2, 0) is 16.1 Å². The number of fused-ring (bicyclic) bond motifs is 1. The second kappa shape index (κ2) is 6.11. The van der Waals surface area contributed by atoms with Crippen LogP contribution in [0.25, 0.3) is 0 Å². The van der Waals surface area contributed by atoms with Gasteiger partial charge in [0.25, 0.3) is 0 Å². The van der Waals surface area contributed by atoms with Gasteiger partial charge in [-0.3, -0.25) is 0 Å². The molecule has 0 radical (unpaired) electrons. The van der Waals surface area contributed by atoms with E-state index < -0.39 is 0 Å². The van der Waals surface area contributed by atoms with E-state index in [1.54, 1.807) is 7.11 Å². The molecule has 0 atom stereocenters. The molecule has 6 rings (SSSR count). The van der Waals surface area contributed by atoms with Crippen molar-refractivity contribution in [2.75, 3.05) is 7.11 Å². The molecule has 4 bridgehead atoms. The minimum atomic E-state index is -0.245. The van der Waals surface area contributed by atoms with Crippen molar-refractivity contribution in [3.63, 3.8) is 0 Å². The van der Waals surface area contributed by atoms with Crippen LogP contribution >= 0.6 is 0 Å². The minimum Gasteiger partial charge on any atom is -0.497 e. The number of aryl methyl sites for hydroxylation is 1. The third-order valence-corrected chi connectivity index (χ3v) is 7.20. The lowest BCUT2D eigenvalue weighted by molar-refractivity contribution is -0.171. The number of hydrogen-bond acceptors (Lipinski definition) is 4. The van der Waals surface area contributed by atoms with E-state index >= 15 is 0 Å². The molecule has 0 spiro atoms. The first-order chi connectivity index (χ1) is 12.6. The average molecular weight is 353 g/mol. The second-order valence-corrected chi connectivity index (χ2v) is 8.99. The third-order valence-electron chi connectivity index (χ3n) is 7.20. The summed E-state index contributed by atoms with van der Waals surface area (Å²) in [5.41, 5.74) is 2.99. The van der Waals surface area contributed by atoms with E-state index in [1.807, 2.05) is 12.1 Å². The van der Waals surface area contributed by atoms with Crippen molar-refractivity contribution >= 4 is 11.7 Å². The van der Waals surface area contributed by atoms with Gasteiger partial charge in [0.15, 0.2) is 0 Å². The van der Waals surface area contributed by atoms with Crippen LogP contribution in [-0.4, -0.2) is 18.8 Å². The molecule has 138 valence electrons. The van der Waals surface area contributed by atoms with E-state index in [0.29, 0.717) is 0 Å². The Morgan fingerprint density at radius 1 is 1.08 bits per heavy atom. The molecule has 4 saturated carbocycles. The molecular formula is C22H27NO3. The standard InChI is InChI=1S/C22H27NO3/c1-25-18-6-5-17-3-2-4-20(19(17)10-18)23-26-21(24)22-11-14-7-15(12-22)9-16(8-14)13-22/h5-6,10,14-16H,2-4,7-9,11-13H2,1H3. The van der Waals surface area contributed by atoms with Crippen LogP contribution in [0.15, 0.2) is 23.4 Å². The Labute approximate surface area is 154 Å². The van der Waals surface area contributed by atoms with E-state index in [-0.39, 0.29) is 11.4 Å². The first-order valence-electron chi connectivity index (χ1n) is 10.1. The Balaban J connectivity index is 1.37. The summed E-state index contributed by atoms with van der Waals surface area (Å²) in [5, 5.41) is 4.37. The van der Waals surface area contributed by atoms with Crippen LogP contribution in [0.1, 0.15) is 62.5 Å². The Morgan fingerprint density at radius 3 is 2.42 bits per heavy atom. The number of hydrogen-bond donors (Lipinski definition) is 0. The molecule has 4 heteroatoms. The van der Waals surface area contributed by atoms with E-state index in [1.165, 1.54) is 24.8 Å². The van der Waals surface area contributed by atoms with E-state index in [4.69, 9.17) is 9.57 Å². The SMILES string of the molecule is COc1ccc2c(c1)C(=NOC(=O)C13CC4CC(CC(C4)C1)C3)CCC2. The van der Waals surface area contributed by atoms with Gasteiger partial charge in [0.2, 0.25) is 0 Å². The van der Waals surface area contributed by atoms with Crippen molar-refractivity contribution in [1.82, 2.24) is 0 Å². The first kappa shape index (κ1) is 16.3. The first-order valence-corrected chi connectivity index (χ1v) is 10.1. The average Bonchev–Trinajstić information content (AvgIpc) is 2.64. The highest BCUT2D eigenvalue weighted by atomic mass is 16.7. The maximum Gasteiger partial charge on any atom is 0.341 e. The summed E-state index contributed by atoms with van der Waals surface area (Å²) < 4.78 is 5.36. The molecular weight excluding hydrogens is 326 g/mol. The fourth-order valence-electron chi connectivity index (χ4n) is 6.40. The van der Waals surface area contributed by atoms with Crippen LogP contribution in [0, 0.1) is 23.2 Å². The monoisotopic (exact) mass is 353 g/mol. The van der Waals surface area contributed by atoms with Gasteiger partial charge in [-0.15, -0.1) is 0 Å². The zero-order chi connectivity index (χ0) is 17.7. The lowest BCUT2D eigenvalue weighted by Gasteiger charge is -2.54. The maximum atomic E-state index is 13.0. The summed E-state index contributed by atoms with van der Waals surface area (Å²) in [6.45, 7) is 0. The largest absolute Gasteiger partial charge is 0.497 e. The molecule has 0 saturated heterocycles. The molecule has 0 aromatic heterocycles. The number of carbonyl (C=O) groups is 1. The number of benzene rings is 1.